The maximum atomic E-state index is 11.4. The first kappa shape index (κ1) is 10.9. The summed E-state index contributed by atoms with van der Waals surface area (Å²) in [4.78, 5) is 10.4. The predicted molar refractivity (Wildman–Crippen MR) is 30.2 cm³/mol. The fourth-order valence-corrected chi connectivity index (χ4v) is 1.06. The van der Waals surface area contributed by atoms with Gasteiger partial charge in [0.1, 0.15) is 7.60 Å². The molecule has 0 spiro atoms. The zero-order valence-corrected chi connectivity index (χ0v) is 6.61. The highest BCUT2D eigenvalue weighted by Gasteiger charge is 2.28. The highest BCUT2D eigenvalue weighted by atomic mass is 31.2. The van der Waals surface area contributed by atoms with Crippen LogP contribution in [-0.4, -0.2) is 19.4 Å². The molecule has 0 aromatic rings. The van der Waals surface area contributed by atoms with Gasteiger partial charge in [0, 0.05) is 13.3 Å². The van der Waals surface area contributed by atoms with E-state index in [1.54, 1.807) is 0 Å². The van der Waals surface area contributed by atoms with Crippen LogP contribution in [0.15, 0.2) is 0 Å². The van der Waals surface area contributed by atoms with Crippen molar-refractivity contribution in [3.05, 3.63) is 0 Å². The van der Waals surface area contributed by atoms with E-state index in [9.17, 15) is 22.6 Å². The van der Waals surface area contributed by atoms with E-state index < -0.39 is 26.4 Å². The summed E-state index contributed by atoms with van der Waals surface area (Å²) in [6, 6.07) is 0. The molecule has 0 aliphatic rings. The largest absolute Gasteiger partial charge is 0.778 e. The zero-order chi connectivity index (χ0) is 9.12. The average Bonchev–Trinajstić information content (AvgIpc) is 1.83. The standard InChI is InChI=1S/C4H8F3O3P/c1-10-11(8,9)3-2-4(5,6)7/h2-3H2,1H3,(H,8,9)/p-1. The first-order valence-corrected chi connectivity index (χ1v) is 4.42. The SMILES string of the molecule is COP(=O)([O-])CCC(F)(F)F. The first-order valence-electron chi connectivity index (χ1n) is 2.69. The maximum absolute atomic E-state index is 11.4. The third-order valence-electron chi connectivity index (χ3n) is 0.947. The smallest absolute Gasteiger partial charge is 0.389 e. The van der Waals surface area contributed by atoms with Gasteiger partial charge >= 0.3 is 6.18 Å². The van der Waals surface area contributed by atoms with Crippen molar-refractivity contribution in [1.82, 2.24) is 0 Å². The Morgan fingerprint density at radius 2 is 2.00 bits per heavy atom. The lowest BCUT2D eigenvalue weighted by Crippen LogP contribution is -2.14. The quantitative estimate of drug-likeness (QED) is 0.628. The number of alkyl halides is 3. The molecule has 0 aromatic carbocycles. The molecule has 1 atom stereocenters. The Kier molecular flexibility index (Phi) is 3.54. The van der Waals surface area contributed by atoms with Crippen molar-refractivity contribution < 1.29 is 27.2 Å². The molecule has 1 unspecified atom stereocenters. The van der Waals surface area contributed by atoms with Crippen molar-refractivity contribution >= 4 is 7.60 Å². The van der Waals surface area contributed by atoms with Gasteiger partial charge in [-0.1, -0.05) is 0 Å². The van der Waals surface area contributed by atoms with Crippen molar-refractivity contribution in [2.75, 3.05) is 13.3 Å². The summed E-state index contributed by atoms with van der Waals surface area (Å²) in [5.74, 6) is 0. The van der Waals surface area contributed by atoms with Gasteiger partial charge in [0.15, 0.2) is 0 Å². The van der Waals surface area contributed by atoms with Crippen LogP contribution in [0.25, 0.3) is 0 Å². The third-order valence-corrected chi connectivity index (χ3v) is 2.27. The van der Waals surface area contributed by atoms with Crippen LogP contribution in [0.4, 0.5) is 13.2 Å². The molecule has 68 valence electrons. The van der Waals surface area contributed by atoms with E-state index in [-0.39, 0.29) is 0 Å². The van der Waals surface area contributed by atoms with Crippen molar-refractivity contribution in [3.63, 3.8) is 0 Å². The highest BCUT2D eigenvalue weighted by molar-refractivity contribution is 7.51. The fourth-order valence-electron chi connectivity index (χ4n) is 0.355. The maximum Gasteiger partial charge on any atom is 0.389 e. The predicted octanol–water partition coefficient (Wildman–Crippen LogP) is 1.14. The average molecular weight is 191 g/mol. The Hall–Kier alpha value is -0.0600. The van der Waals surface area contributed by atoms with Gasteiger partial charge < -0.3 is 14.0 Å². The summed E-state index contributed by atoms with van der Waals surface area (Å²) in [6.45, 7) is 0. The van der Waals surface area contributed by atoms with Crippen LogP contribution < -0.4 is 4.89 Å². The van der Waals surface area contributed by atoms with Gasteiger partial charge in [-0.3, -0.25) is 0 Å². The summed E-state index contributed by atoms with van der Waals surface area (Å²) < 4.78 is 48.4. The molecule has 11 heavy (non-hydrogen) atoms. The van der Waals surface area contributed by atoms with Crippen LogP contribution in [-0.2, 0) is 9.09 Å². The van der Waals surface area contributed by atoms with Crippen LogP contribution in [0.1, 0.15) is 6.42 Å². The molecule has 0 N–H and O–H groups in total. The summed E-state index contributed by atoms with van der Waals surface area (Å²) in [5.41, 5.74) is 0. The monoisotopic (exact) mass is 191 g/mol. The molecule has 7 heteroatoms. The normalized spacial score (nSPS) is 17.9. The topological polar surface area (TPSA) is 49.4 Å². The number of hydrogen-bond acceptors (Lipinski definition) is 3. The van der Waals surface area contributed by atoms with E-state index in [4.69, 9.17) is 0 Å². The second-order valence-electron chi connectivity index (χ2n) is 1.88. The van der Waals surface area contributed by atoms with E-state index in [1.165, 1.54) is 0 Å². The van der Waals surface area contributed by atoms with Crippen molar-refractivity contribution in [2.24, 2.45) is 0 Å². The summed E-state index contributed by atoms with van der Waals surface area (Å²) in [6.07, 6.45) is -6.80. The second-order valence-corrected chi connectivity index (χ2v) is 3.92. The second kappa shape index (κ2) is 3.56. The Morgan fingerprint density at radius 3 is 2.27 bits per heavy atom. The van der Waals surface area contributed by atoms with Gasteiger partial charge in [-0.2, -0.15) is 13.2 Å². The summed E-state index contributed by atoms with van der Waals surface area (Å²) in [7, 11) is -3.40. The molecule has 0 aromatic heterocycles. The van der Waals surface area contributed by atoms with E-state index >= 15 is 0 Å². The lowest BCUT2D eigenvalue weighted by Gasteiger charge is -2.20. The van der Waals surface area contributed by atoms with Gasteiger partial charge in [-0.25, -0.2) is 0 Å². The Morgan fingerprint density at radius 1 is 1.55 bits per heavy atom. The summed E-state index contributed by atoms with van der Waals surface area (Å²) in [5, 5.41) is 0. The van der Waals surface area contributed by atoms with Gasteiger partial charge in [0.2, 0.25) is 0 Å². The summed E-state index contributed by atoms with van der Waals surface area (Å²) >= 11 is 0. The van der Waals surface area contributed by atoms with Crippen molar-refractivity contribution in [2.45, 2.75) is 12.6 Å². The van der Waals surface area contributed by atoms with Crippen LogP contribution in [0.2, 0.25) is 0 Å². The molecule has 0 amide bonds. The minimum atomic E-state index is -4.45. The highest BCUT2D eigenvalue weighted by Crippen LogP contribution is 2.39. The van der Waals surface area contributed by atoms with Crippen molar-refractivity contribution in [3.8, 4) is 0 Å². The zero-order valence-electron chi connectivity index (χ0n) is 5.72. The van der Waals surface area contributed by atoms with E-state index in [1.807, 2.05) is 0 Å². The van der Waals surface area contributed by atoms with E-state index in [0.717, 1.165) is 7.11 Å². The van der Waals surface area contributed by atoms with Gasteiger partial charge in [-0.05, 0) is 0 Å². The first-order chi connectivity index (χ1) is 4.77. The Labute approximate surface area is 61.7 Å². The van der Waals surface area contributed by atoms with Gasteiger partial charge in [-0.15, -0.1) is 0 Å². The molecule has 0 bridgehead atoms. The molecule has 0 fully saturated rings. The lowest BCUT2D eigenvalue weighted by atomic mass is 10.5. The number of rotatable bonds is 3. The fraction of sp³-hybridized carbons (Fsp3) is 1.00. The number of halogens is 3. The van der Waals surface area contributed by atoms with Crippen LogP contribution in [0, 0.1) is 0 Å². The van der Waals surface area contributed by atoms with Crippen LogP contribution in [0.5, 0.6) is 0 Å². The molecule has 0 heterocycles. The van der Waals surface area contributed by atoms with Crippen LogP contribution in [0.3, 0.4) is 0 Å². The van der Waals surface area contributed by atoms with E-state index in [2.05, 4.69) is 4.52 Å². The third kappa shape index (κ3) is 6.34. The lowest BCUT2D eigenvalue weighted by molar-refractivity contribution is -0.199. The van der Waals surface area contributed by atoms with Gasteiger partial charge in [0.05, 0.1) is 6.42 Å². The molecule has 0 aliphatic heterocycles. The molecule has 0 radical (unpaired) electrons. The molecule has 0 rings (SSSR count). The molecule has 0 aliphatic carbocycles. The molecule has 0 saturated heterocycles. The Balaban J connectivity index is 3.80. The van der Waals surface area contributed by atoms with Crippen LogP contribution >= 0.6 is 7.60 Å². The van der Waals surface area contributed by atoms with E-state index in [0.29, 0.717) is 0 Å². The Bertz CT molecular complexity index is 166. The molecular weight excluding hydrogens is 184 g/mol. The molecule has 3 nitrogen and oxygen atoms in total. The van der Waals surface area contributed by atoms with Crippen molar-refractivity contribution in [1.29, 1.82) is 0 Å². The number of hydrogen-bond donors (Lipinski definition) is 0. The molecule has 0 saturated carbocycles. The van der Waals surface area contributed by atoms with Gasteiger partial charge in [0.25, 0.3) is 0 Å². The minimum Gasteiger partial charge on any atom is -0.778 e. The molecular formula is C4H7F3O3P-. The minimum absolute atomic E-state index is 0.837.